The van der Waals surface area contributed by atoms with E-state index in [2.05, 4.69) is 5.32 Å². The first-order valence-electron chi connectivity index (χ1n) is 4.49. The summed E-state index contributed by atoms with van der Waals surface area (Å²) >= 11 is 0. The lowest BCUT2D eigenvalue weighted by atomic mass is 10.2. The lowest BCUT2D eigenvalue weighted by molar-refractivity contribution is 0.484. The molecule has 0 bridgehead atoms. The summed E-state index contributed by atoms with van der Waals surface area (Å²) in [5.74, 6) is -0.306. The van der Waals surface area contributed by atoms with E-state index in [1.165, 1.54) is 0 Å². The molecule has 0 saturated carbocycles. The van der Waals surface area contributed by atoms with E-state index in [0.29, 0.717) is 6.54 Å². The second kappa shape index (κ2) is 5.11. The van der Waals surface area contributed by atoms with Gasteiger partial charge < -0.3 is 11.1 Å². The van der Waals surface area contributed by atoms with Crippen LogP contribution in [0.15, 0.2) is 24.3 Å². The molecule has 0 aliphatic heterocycles. The molecule has 0 heterocycles. The van der Waals surface area contributed by atoms with Gasteiger partial charge in [0, 0.05) is 18.8 Å². The summed E-state index contributed by atoms with van der Waals surface area (Å²) in [4.78, 5) is 0. The predicted octanol–water partition coefficient (Wildman–Crippen LogP) is 0.445. The summed E-state index contributed by atoms with van der Waals surface area (Å²) < 4.78 is 29.4. The number of nitrogens with one attached hydrogen (secondary N) is 1. The van der Waals surface area contributed by atoms with Gasteiger partial charge in [-0.15, -0.1) is 0 Å². The zero-order valence-electron chi connectivity index (χ0n) is 8.18. The Labute approximate surface area is 89.0 Å². The van der Waals surface area contributed by atoms with E-state index in [-0.39, 0.29) is 12.3 Å². The maximum atomic E-state index is 10.4. The Hall–Kier alpha value is -1.11. The van der Waals surface area contributed by atoms with E-state index in [1.54, 1.807) is 0 Å². The Morgan fingerprint density at radius 1 is 1.40 bits per heavy atom. The van der Waals surface area contributed by atoms with E-state index in [0.717, 1.165) is 11.3 Å². The van der Waals surface area contributed by atoms with E-state index < -0.39 is 10.1 Å². The topological polar surface area (TPSA) is 92.4 Å². The van der Waals surface area contributed by atoms with Crippen LogP contribution >= 0.6 is 0 Å². The third kappa shape index (κ3) is 4.78. The van der Waals surface area contributed by atoms with Crippen LogP contribution in [-0.2, 0) is 16.7 Å². The minimum Gasteiger partial charge on any atom is -0.384 e. The lowest BCUT2D eigenvalue weighted by Crippen LogP contribution is -2.14. The van der Waals surface area contributed by atoms with Crippen molar-refractivity contribution in [2.24, 2.45) is 5.73 Å². The fourth-order valence-corrected chi connectivity index (χ4v) is 1.49. The van der Waals surface area contributed by atoms with E-state index >= 15 is 0 Å². The summed E-state index contributed by atoms with van der Waals surface area (Å²) in [6, 6.07) is 7.36. The SMILES string of the molecule is NCc1cccc(NCCS(=O)(=O)O)c1. The Morgan fingerprint density at radius 3 is 2.73 bits per heavy atom. The highest BCUT2D eigenvalue weighted by atomic mass is 32.2. The first kappa shape index (κ1) is 12.0. The summed E-state index contributed by atoms with van der Waals surface area (Å²) in [6.07, 6.45) is 0. The average molecular weight is 230 g/mol. The van der Waals surface area contributed by atoms with Crippen LogP contribution in [0.4, 0.5) is 5.69 Å². The molecule has 0 aliphatic carbocycles. The molecule has 1 aromatic carbocycles. The van der Waals surface area contributed by atoms with Gasteiger partial charge in [0.2, 0.25) is 0 Å². The predicted molar refractivity (Wildman–Crippen MR) is 59.2 cm³/mol. The maximum Gasteiger partial charge on any atom is 0.266 e. The van der Waals surface area contributed by atoms with Gasteiger partial charge in [0.15, 0.2) is 0 Å². The van der Waals surface area contributed by atoms with Crippen molar-refractivity contribution in [1.82, 2.24) is 0 Å². The molecule has 15 heavy (non-hydrogen) atoms. The molecular formula is C9H14N2O3S. The third-order valence-corrected chi connectivity index (χ3v) is 2.57. The molecule has 0 atom stereocenters. The average Bonchev–Trinajstić information content (AvgIpc) is 2.16. The van der Waals surface area contributed by atoms with Crippen molar-refractivity contribution in [1.29, 1.82) is 0 Å². The van der Waals surface area contributed by atoms with Crippen molar-refractivity contribution in [2.75, 3.05) is 17.6 Å². The molecular weight excluding hydrogens is 216 g/mol. The zero-order valence-corrected chi connectivity index (χ0v) is 9.00. The molecule has 0 aromatic heterocycles. The lowest BCUT2D eigenvalue weighted by Gasteiger charge is -2.06. The van der Waals surface area contributed by atoms with Crippen LogP contribution in [0.3, 0.4) is 0 Å². The molecule has 1 aromatic rings. The van der Waals surface area contributed by atoms with Gasteiger partial charge in [-0.05, 0) is 17.7 Å². The molecule has 0 aliphatic rings. The molecule has 0 fully saturated rings. The number of benzene rings is 1. The standard InChI is InChI=1S/C9H14N2O3S/c10-7-8-2-1-3-9(6-8)11-4-5-15(12,13)14/h1-3,6,11H,4-5,7,10H2,(H,12,13,14). The van der Waals surface area contributed by atoms with Crippen LogP contribution in [0, 0.1) is 0 Å². The maximum absolute atomic E-state index is 10.4. The Bertz CT molecular complexity index is 417. The first-order chi connectivity index (χ1) is 7.01. The molecule has 4 N–H and O–H groups in total. The Kier molecular flexibility index (Phi) is 4.07. The minimum atomic E-state index is -3.90. The van der Waals surface area contributed by atoms with Gasteiger partial charge in [-0.25, -0.2) is 0 Å². The van der Waals surface area contributed by atoms with Crippen LogP contribution < -0.4 is 11.1 Å². The minimum absolute atomic E-state index is 0.173. The fraction of sp³-hybridized carbons (Fsp3) is 0.333. The van der Waals surface area contributed by atoms with Crippen molar-refractivity contribution in [3.8, 4) is 0 Å². The highest BCUT2D eigenvalue weighted by Crippen LogP contribution is 2.09. The number of anilines is 1. The second-order valence-corrected chi connectivity index (χ2v) is 4.69. The van der Waals surface area contributed by atoms with Gasteiger partial charge in [-0.2, -0.15) is 8.42 Å². The van der Waals surface area contributed by atoms with Crippen molar-refractivity contribution in [3.63, 3.8) is 0 Å². The molecule has 84 valence electrons. The Morgan fingerprint density at radius 2 is 2.13 bits per heavy atom. The van der Waals surface area contributed by atoms with E-state index in [4.69, 9.17) is 10.3 Å². The van der Waals surface area contributed by atoms with Crippen molar-refractivity contribution >= 4 is 15.8 Å². The molecule has 1 rings (SSSR count). The number of rotatable bonds is 5. The van der Waals surface area contributed by atoms with Crippen molar-refractivity contribution in [2.45, 2.75) is 6.54 Å². The molecule has 0 amide bonds. The monoisotopic (exact) mass is 230 g/mol. The zero-order chi connectivity index (χ0) is 11.3. The van der Waals surface area contributed by atoms with Crippen LogP contribution in [-0.4, -0.2) is 25.3 Å². The van der Waals surface area contributed by atoms with E-state index in [1.807, 2.05) is 24.3 Å². The van der Waals surface area contributed by atoms with Crippen molar-refractivity contribution in [3.05, 3.63) is 29.8 Å². The van der Waals surface area contributed by atoms with Gasteiger partial charge in [0.1, 0.15) is 0 Å². The molecule has 6 heteroatoms. The summed E-state index contributed by atoms with van der Waals surface area (Å²) in [5, 5.41) is 2.88. The van der Waals surface area contributed by atoms with E-state index in [9.17, 15) is 8.42 Å². The highest BCUT2D eigenvalue weighted by Gasteiger charge is 2.03. The number of hydrogen-bond acceptors (Lipinski definition) is 4. The fourth-order valence-electron chi connectivity index (χ4n) is 1.13. The first-order valence-corrected chi connectivity index (χ1v) is 6.10. The van der Waals surface area contributed by atoms with Gasteiger partial charge in [0.25, 0.3) is 10.1 Å². The molecule has 0 saturated heterocycles. The molecule has 0 spiro atoms. The van der Waals surface area contributed by atoms with Crippen molar-refractivity contribution < 1.29 is 13.0 Å². The summed E-state index contributed by atoms with van der Waals surface area (Å²) in [7, 11) is -3.90. The van der Waals surface area contributed by atoms with Crippen LogP contribution in [0.2, 0.25) is 0 Å². The number of nitrogens with two attached hydrogens (primary N) is 1. The van der Waals surface area contributed by atoms with Gasteiger partial charge in [0.05, 0.1) is 5.75 Å². The second-order valence-electron chi connectivity index (χ2n) is 3.12. The highest BCUT2D eigenvalue weighted by molar-refractivity contribution is 7.85. The van der Waals surface area contributed by atoms with Crippen LogP contribution in [0.25, 0.3) is 0 Å². The van der Waals surface area contributed by atoms with Crippen LogP contribution in [0.5, 0.6) is 0 Å². The molecule has 5 nitrogen and oxygen atoms in total. The normalized spacial score (nSPS) is 11.3. The quantitative estimate of drug-likeness (QED) is 0.638. The molecule has 0 unspecified atom stereocenters. The molecule has 0 radical (unpaired) electrons. The summed E-state index contributed by atoms with van der Waals surface area (Å²) in [5.41, 5.74) is 7.21. The van der Waals surface area contributed by atoms with Crippen LogP contribution in [0.1, 0.15) is 5.56 Å². The Balaban J connectivity index is 2.51. The van der Waals surface area contributed by atoms with Gasteiger partial charge >= 0.3 is 0 Å². The van der Waals surface area contributed by atoms with Gasteiger partial charge in [-0.1, -0.05) is 12.1 Å². The summed E-state index contributed by atoms with van der Waals surface area (Å²) in [6.45, 7) is 0.612. The largest absolute Gasteiger partial charge is 0.384 e. The number of hydrogen-bond donors (Lipinski definition) is 3. The van der Waals surface area contributed by atoms with Gasteiger partial charge in [-0.3, -0.25) is 4.55 Å². The smallest absolute Gasteiger partial charge is 0.266 e. The third-order valence-electron chi connectivity index (χ3n) is 1.85.